The molecule has 3 rings (SSSR count). The van der Waals surface area contributed by atoms with E-state index in [9.17, 15) is 9.18 Å². The van der Waals surface area contributed by atoms with Gasteiger partial charge in [-0.15, -0.1) is 0 Å². The maximum Gasteiger partial charge on any atom is 0.241 e. The van der Waals surface area contributed by atoms with Crippen molar-refractivity contribution >= 4 is 5.91 Å². The Labute approximate surface area is 125 Å². The zero-order chi connectivity index (χ0) is 15.0. The Balaban J connectivity index is 1.91. The molecule has 1 saturated heterocycles. The molecule has 1 aliphatic heterocycles. The molecule has 1 aromatic carbocycles. The molecule has 1 aliphatic carbocycles. The number of nitrogens with one attached hydrogen (secondary N) is 1. The molecular formula is C17H23FN2O. The Morgan fingerprint density at radius 2 is 1.81 bits per heavy atom. The van der Waals surface area contributed by atoms with E-state index < -0.39 is 0 Å². The van der Waals surface area contributed by atoms with Crippen LogP contribution in [0, 0.1) is 11.7 Å². The van der Waals surface area contributed by atoms with E-state index in [1.54, 1.807) is 12.1 Å². The number of hydrogen-bond donors (Lipinski definition) is 1. The molecule has 114 valence electrons. The molecule has 3 nitrogen and oxygen atoms in total. The molecule has 0 radical (unpaired) electrons. The van der Waals surface area contributed by atoms with E-state index in [0.717, 1.165) is 18.4 Å². The summed E-state index contributed by atoms with van der Waals surface area (Å²) in [5.74, 6) is 0.217. The summed E-state index contributed by atoms with van der Waals surface area (Å²) in [6.07, 6.45) is 4.42. The highest BCUT2D eigenvalue weighted by Gasteiger charge is 2.44. The predicted molar refractivity (Wildman–Crippen MR) is 80.0 cm³/mol. The van der Waals surface area contributed by atoms with E-state index in [2.05, 4.69) is 19.2 Å². The minimum absolute atomic E-state index is 0.117. The van der Waals surface area contributed by atoms with Gasteiger partial charge in [-0.25, -0.2) is 4.39 Å². The monoisotopic (exact) mass is 290 g/mol. The van der Waals surface area contributed by atoms with Gasteiger partial charge in [0.1, 0.15) is 12.0 Å². The first kappa shape index (κ1) is 14.5. The normalized spacial score (nSPS) is 27.0. The first-order valence-electron chi connectivity index (χ1n) is 7.91. The number of halogens is 1. The average molecular weight is 290 g/mol. The predicted octanol–water partition coefficient (Wildman–Crippen LogP) is 3.22. The van der Waals surface area contributed by atoms with Crippen LogP contribution in [-0.2, 0) is 4.79 Å². The van der Waals surface area contributed by atoms with Crippen LogP contribution in [-0.4, -0.2) is 22.9 Å². The van der Waals surface area contributed by atoms with Crippen molar-refractivity contribution in [2.45, 2.75) is 57.8 Å². The number of carbonyl (C=O) groups is 1. The van der Waals surface area contributed by atoms with Crippen molar-refractivity contribution in [3.8, 4) is 0 Å². The number of hydrogen-bond acceptors (Lipinski definition) is 2. The third kappa shape index (κ3) is 2.69. The van der Waals surface area contributed by atoms with Crippen LogP contribution in [0.15, 0.2) is 24.3 Å². The summed E-state index contributed by atoms with van der Waals surface area (Å²) in [7, 11) is 0. The number of amides is 1. The second-order valence-corrected chi connectivity index (χ2v) is 6.53. The molecule has 2 atom stereocenters. The second-order valence-electron chi connectivity index (χ2n) is 6.53. The highest BCUT2D eigenvalue weighted by atomic mass is 19.1. The van der Waals surface area contributed by atoms with Crippen LogP contribution in [0.2, 0.25) is 0 Å². The van der Waals surface area contributed by atoms with Gasteiger partial charge >= 0.3 is 0 Å². The number of nitrogens with zero attached hydrogens (tertiary/aromatic N) is 1. The van der Waals surface area contributed by atoms with Crippen LogP contribution in [0.3, 0.4) is 0 Å². The van der Waals surface area contributed by atoms with Crippen LogP contribution in [0.25, 0.3) is 0 Å². The molecule has 1 aromatic rings. The number of carbonyl (C=O) groups excluding carboxylic acids is 1. The van der Waals surface area contributed by atoms with E-state index in [1.807, 2.05) is 4.90 Å². The Morgan fingerprint density at radius 3 is 2.38 bits per heavy atom. The summed E-state index contributed by atoms with van der Waals surface area (Å²) in [5, 5.41) is 3.46. The summed E-state index contributed by atoms with van der Waals surface area (Å²) in [6, 6.07) is 6.69. The van der Waals surface area contributed by atoms with Crippen molar-refractivity contribution in [2.24, 2.45) is 5.92 Å². The number of benzene rings is 1. The molecule has 1 amide bonds. The standard InChI is InChI=1S/C17H23FN2O/c1-11(2)15-17(21)20(14-5-3-4-6-14)16(19-15)12-7-9-13(18)10-8-12/h7-11,14-16,19H,3-6H2,1-2H3. The number of rotatable bonds is 3. The molecule has 1 saturated carbocycles. The fourth-order valence-electron chi connectivity index (χ4n) is 3.56. The van der Waals surface area contributed by atoms with Crippen molar-refractivity contribution in [1.29, 1.82) is 0 Å². The lowest BCUT2D eigenvalue weighted by molar-refractivity contribution is -0.133. The van der Waals surface area contributed by atoms with Crippen molar-refractivity contribution in [1.82, 2.24) is 10.2 Å². The van der Waals surface area contributed by atoms with Gasteiger partial charge < -0.3 is 4.90 Å². The van der Waals surface area contributed by atoms with Gasteiger partial charge in [-0.05, 0) is 36.5 Å². The van der Waals surface area contributed by atoms with E-state index in [-0.39, 0.29) is 29.8 Å². The first-order valence-corrected chi connectivity index (χ1v) is 7.91. The van der Waals surface area contributed by atoms with Gasteiger partial charge in [0.05, 0.1) is 6.04 Å². The summed E-state index contributed by atoms with van der Waals surface area (Å²) in [5.41, 5.74) is 0.972. The molecule has 2 fully saturated rings. The molecule has 2 aliphatic rings. The van der Waals surface area contributed by atoms with E-state index >= 15 is 0 Å². The molecule has 1 heterocycles. The Bertz CT molecular complexity index is 508. The summed E-state index contributed by atoms with van der Waals surface area (Å²) < 4.78 is 13.2. The lowest BCUT2D eigenvalue weighted by Crippen LogP contribution is -2.39. The van der Waals surface area contributed by atoms with Crippen LogP contribution in [0.4, 0.5) is 4.39 Å². The minimum Gasteiger partial charge on any atom is -0.319 e. The van der Waals surface area contributed by atoms with Gasteiger partial charge in [-0.3, -0.25) is 10.1 Å². The maximum absolute atomic E-state index is 13.2. The van der Waals surface area contributed by atoms with Crippen molar-refractivity contribution < 1.29 is 9.18 Å². The van der Waals surface area contributed by atoms with E-state index in [0.29, 0.717) is 6.04 Å². The molecule has 4 heteroatoms. The third-order valence-electron chi connectivity index (χ3n) is 4.71. The molecule has 1 N–H and O–H groups in total. The van der Waals surface area contributed by atoms with Crippen LogP contribution in [0.1, 0.15) is 51.3 Å². The zero-order valence-corrected chi connectivity index (χ0v) is 12.7. The highest BCUT2D eigenvalue weighted by Crippen LogP contribution is 2.35. The first-order chi connectivity index (χ1) is 10.1. The van der Waals surface area contributed by atoms with Gasteiger partial charge in [-0.1, -0.05) is 38.8 Å². The SMILES string of the molecule is CC(C)C1NC(c2ccc(F)cc2)N(C2CCCC2)C1=O. The Hall–Kier alpha value is -1.42. The van der Waals surface area contributed by atoms with Crippen LogP contribution < -0.4 is 5.32 Å². The van der Waals surface area contributed by atoms with Crippen molar-refractivity contribution in [2.75, 3.05) is 0 Å². The fourth-order valence-corrected chi connectivity index (χ4v) is 3.56. The van der Waals surface area contributed by atoms with Gasteiger partial charge in [-0.2, -0.15) is 0 Å². The van der Waals surface area contributed by atoms with Crippen molar-refractivity contribution in [3.05, 3.63) is 35.6 Å². The molecule has 0 bridgehead atoms. The average Bonchev–Trinajstić information content (AvgIpc) is 3.06. The molecule has 0 aromatic heterocycles. The quantitative estimate of drug-likeness (QED) is 0.927. The van der Waals surface area contributed by atoms with Gasteiger partial charge in [0, 0.05) is 6.04 Å². The summed E-state index contributed by atoms with van der Waals surface area (Å²) in [4.78, 5) is 14.8. The lowest BCUT2D eigenvalue weighted by atomic mass is 10.0. The van der Waals surface area contributed by atoms with E-state index in [1.165, 1.54) is 25.0 Å². The largest absolute Gasteiger partial charge is 0.319 e. The molecular weight excluding hydrogens is 267 g/mol. The third-order valence-corrected chi connectivity index (χ3v) is 4.71. The molecule has 2 unspecified atom stereocenters. The zero-order valence-electron chi connectivity index (χ0n) is 12.7. The minimum atomic E-state index is -0.240. The molecule has 0 spiro atoms. The Kier molecular flexibility index (Phi) is 3.98. The second kappa shape index (κ2) is 5.76. The maximum atomic E-state index is 13.2. The van der Waals surface area contributed by atoms with Crippen LogP contribution >= 0.6 is 0 Å². The lowest BCUT2D eigenvalue weighted by Gasteiger charge is -2.30. The molecule has 21 heavy (non-hydrogen) atoms. The topological polar surface area (TPSA) is 32.3 Å². The van der Waals surface area contributed by atoms with E-state index in [4.69, 9.17) is 0 Å². The summed E-state index contributed by atoms with van der Waals surface area (Å²) in [6.45, 7) is 4.13. The van der Waals surface area contributed by atoms with Gasteiger partial charge in [0.25, 0.3) is 0 Å². The summed E-state index contributed by atoms with van der Waals surface area (Å²) >= 11 is 0. The van der Waals surface area contributed by atoms with Gasteiger partial charge in [0.15, 0.2) is 0 Å². The van der Waals surface area contributed by atoms with Crippen molar-refractivity contribution in [3.63, 3.8) is 0 Å². The van der Waals surface area contributed by atoms with Crippen LogP contribution in [0.5, 0.6) is 0 Å². The fraction of sp³-hybridized carbons (Fsp3) is 0.588. The Morgan fingerprint density at radius 1 is 1.19 bits per heavy atom. The smallest absolute Gasteiger partial charge is 0.241 e. The van der Waals surface area contributed by atoms with Gasteiger partial charge in [0.2, 0.25) is 5.91 Å². The highest BCUT2D eigenvalue weighted by molar-refractivity contribution is 5.85.